The maximum absolute atomic E-state index is 13.0. The van der Waals surface area contributed by atoms with Crippen molar-refractivity contribution >= 4 is 28.6 Å². The van der Waals surface area contributed by atoms with Gasteiger partial charge in [0, 0.05) is 29.4 Å². The molecule has 3 amide bonds. The lowest BCUT2D eigenvalue weighted by molar-refractivity contribution is -0.163. The molecule has 0 saturated carbocycles. The zero-order valence-electron chi connectivity index (χ0n) is 18.5. The highest BCUT2D eigenvalue weighted by molar-refractivity contribution is 6.05. The molecular formula is C27H22N4O3. The highest BCUT2D eigenvalue weighted by atomic mass is 16.2. The minimum Gasteiger partial charge on any atom is -0.273 e. The molecule has 6 rings (SSSR count). The average Bonchev–Trinajstić information content (AvgIpc) is 3.37. The van der Waals surface area contributed by atoms with E-state index in [1.165, 1.54) is 5.01 Å². The molecular weight excluding hydrogens is 428 g/mol. The number of hydrogen-bond donors (Lipinski definition) is 0. The average molecular weight is 450 g/mol. The summed E-state index contributed by atoms with van der Waals surface area (Å²) in [7, 11) is 0. The molecule has 3 aromatic carbocycles. The number of fused-ring (bicyclic) bond motifs is 2. The number of aromatic nitrogens is 2. The monoisotopic (exact) mass is 450 g/mol. The molecule has 0 N–H and O–H groups in total. The number of imide groups is 1. The summed E-state index contributed by atoms with van der Waals surface area (Å²) < 4.78 is 2.00. The van der Waals surface area contributed by atoms with Crippen molar-refractivity contribution in [3.63, 3.8) is 0 Å². The van der Waals surface area contributed by atoms with Gasteiger partial charge in [0.25, 0.3) is 5.91 Å². The second-order valence-corrected chi connectivity index (χ2v) is 8.70. The third-order valence-corrected chi connectivity index (χ3v) is 6.49. The summed E-state index contributed by atoms with van der Waals surface area (Å²) >= 11 is 0. The first kappa shape index (κ1) is 20.4. The lowest BCUT2D eigenvalue weighted by atomic mass is 10.0. The molecule has 0 unspecified atom stereocenters. The highest BCUT2D eigenvalue weighted by Gasteiger charge is 2.39. The number of piperidine rings is 1. The van der Waals surface area contributed by atoms with Crippen LogP contribution in [0, 0.1) is 0 Å². The van der Waals surface area contributed by atoms with Gasteiger partial charge in [-0.15, -0.1) is 0 Å². The standard InChI is InChI=1S/C27H22N4O3/c32-24-11-6-12-25(33)31(24)30-17-20-15-19(13-14-21(20)27(30)34)26-22-9-4-5-10-23(22)29(28-26)16-18-7-2-1-3-8-18/h1-5,7-10,13-15H,6,11-12,16-17H2. The predicted molar refractivity (Wildman–Crippen MR) is 126 cm³/mol. The van der Waals surface area contributed by atoms with Gasteiger partial charge < -0.3 is 0 Å². The first-order chi connectivity index (χ1) is 16.6. The molecule has 4 aromatic rings. The van der Waals surface area contributed by atoms with Crippen LogP contribution >= 0.6 is 0 Å². The van der Waals surface area contributed by atoms with E-state index in [2.05, 4.69) is 24.3 Å². The Bertz CT molecular complexity index is 1440. The molecule has 0 radical (unpaired) electrons. The van der Waals surface area contributed by atoms with Crippen LogP contribution in [-0.2, 0) is 22.7 Å². The minimum absolute atomic E-state index is 0.197. The number of hydrazine groups is 1. The Morgan fingerprint density at radius 1 is 0.824 bits per heavy atom. The topological polar surface area (TPSA) is 75.5 Å². The maximum Gasteiger partial charge on any atom is 0.273 e. The van der Waals surface area contributed by atoms with Gasteiger partial charge in [-0.3, -0.25) is 19.1 Å². The fraction of sp³-hybridized carbons (Fsp3) is 0.185. The number of rotatable bonds is 4. The van der Waals surface area contributed by atoms with Crippen LogP contribution in [0.4, 0.5) is 0 Å². The van der Waals surface area contributed by atoms with Gasteiger partial charge in [-0.05, 0) is 35.7 Å². The molecule has 7 nitrogen and oxygen atoms in total. The minimum atomic E-state index is -0.316. The summed E-state index contributed by atoms with van der Waals surface area (Å²) in [6.45, 7) is 0.847. The third-order valence-electron chi connectivity index (χ3n) is 6.49. The Morgan fingerprint density at radius 2 is 1.56 bits per heavy atom. The van der Waals surface area contributed by atoms with Crippen LogP contribution < -0.4 is 0 Å². The second kappa shape index (κ2) is 7.95. The maximum atomic E-state index is 13.0. The van der Waals surface area contributed by atoms with Crippen LogP contribution in [0.5, 0.6) is 0 Å². The number of hydrogen-bond acceptors (Lipinski definition) is 4. The first-order valence-electron chi connectivity index (χ1n) is 11.4. The summed E-state index contributed by atoms with van der Waals surface area (Å²) in [6, 6.07) is 23.9. The molecule has 0 atom stereocenters. The summed E-state index contributed by atoms with van der Waals surface area (Å²) in [6.07, 6.45) is 1.09. The molecule has 1 aromatic heterocycles. The van der Waals surface area contributed by atoms with Gasteiger partial charge in [0.2, 0.25) is 11.8 Å². The Morgan fingerprint density at radius 3 is 2.35 bits per heavy atom. The molecule has 1 fully saturated rings. The molecule has 7 heteroatoms. The van der Waals surface area contributed by atoms with Crippen molar-refractivity contribution in [2.45, 2.75) is 32.4 Å². The van der Waals surface area contributed by atoms with Gasteiger partial charge in [0.05, 0.1) is 18.6 Å². The summed E-state index contributed by atoms with van der Waals surface area (Å²) in [5.74, 6) is -0.948. The van der Waals surface area contributed by atoms with E-state index in [4.69, 9.17) is 5.10 Å². The molecule has 1 saturated heterocycles. The van der Waals surface area contributed by atoms with Gasteiger partial charge in [-0.1, -0.05) is 54.6 Å². The van der Waals surface area contributed by atoms with Crippen molar-refractivity contribution < 1.29 is 14.4 Å². The van der Waals surface area contributed by atoms with E-state index in [0.29, 0.717) is 18.5 Å². The molecule has 0 spiro atoms. The first-order valence-corrected chi connectivity index (χ1v) is 11.4. The smallest absolute Gasteiger partial charge is 0.273 e. The van der Waals surface area contributed by atoms with Crippen molar-refractivity contribution in [3.05, 3.63) is 89.5 Å². The summed E-state index contributed by atoms with van der Waals surface area (Å²) in [5, 5.41) is 8.28. The zero-order chi connectivity index (χ0) is 23.2. The summed E-state index contributed by atoms with van der Waals surface area (Å²) in [5.41, 5.74) is 5.23. The van der Waals surface area contributed by atoms with Gasteiger partial charge >= 0.3 is 0 Å². The van der Waals surface area contributed by atoms with Crippen LogP contribution in [0.3, 0.4) is 0 Å². The SMILES string of the molecule is O=C1c2ccc(-c3nn(Cc4ccccc4)c4ccccc34)cc2CN1N1C(=O)CCCC1=O. The Hall–Kier alpha value is -4.26. The van der Waals surface area contributed by atoms with Gasteiger partial charge in [-0.25, -0.2) is 5.01 Å². The molecule has 34 heavy (non-hydrogen) atoms. The largest absolute Gasteiger partial charge is 0.273 e. The van der Waals surface area contributed by atoms with Crippen LogP contribution in [-0.4, -0.2) is 37.5 Å². The van der Waals surface area contributed by atoms with E-state index in [-0.39, 0.29) is 37.1 Å². The van der Waals surface area contributed by atoms with Crippen LogP contribution in [0.15, 0.2) is 72.8 Å². The van der Waals surface area contributed by atoms with Crippen LogP contribution in [0.1, 0.15) is 40.7 Å². The quantitative estimate of drug-likeness (QED) is 0.438. The number of benzene rings is 3. The molecule has 2 aliphatic rings. The molecule has 2 aliphatic heterocycles. The van der Waals surface area contributed by atoms with Crippen LogP contribution in [0.25, 0.3) is 22.2 Å². The number of carbonyl (C=O) groups is 3. The highest BCUT2D eigenvalue weighted by Crippen LogP contribution is 2.33. The van der Waals surface area contributed by atoms with E-state index in [9.17, 15) is 14.4 Å². The molecule has 0 bridgehead atoms. The fourth-order valence-corrected chi connectivity index (χ4v) is 4.84. The number of amides is 3. The number of carbonyl (C=O) groups excluding carboxylic acids is 3. The second-order valence-electron chi connectivity index (χ2n) is 8.70. The van der Waals surface area contributed by atoms with Crippen molar-refractivity contribution in [2.75, 3.05) is 0 Å². The van der Waals surface area contributed by atoms with Gasteiger partial charge in [0.15, 0.2) is 0 Å². The molecule has 0 aliphatic carbocycles. The lowest BCUT2D eigenvalue weighted by Crippen LogP contribution is -2.51. The predicted octanol–water partition coefficient (Wildman–Crippen LogP) is 4.16. The van der Waals surface area contributed by atoms with Crippen molar-refractivity contribution in [1.82, 2.24) is 19.8 Å². The third kappa shape index (κ3) is 3.28. The van der Waals surface area contributed by atoms with Gasteiger partial charge in [0.1, 0.15) is 5.69 Å². The van der Waals surface area contributed by atoms with Crippen molar-refractivity contribution in [2.24, 2.45) is 0 Å². The molecule has 168 valence electrons. The fourth-order valence-electron chi connectivity index (χ4n) is 4.84. The van der Waals surface area contributed by atoms with E-state index in [1.807, 2.05) is 47.1 Å². The van der Waals surface area contributed by atoms with E-state index in [1.54, 1.807) is 6.07 Å². The molecule has 3 heterocycles. The van der Waals surface area contributed by atoms with Crippen molar-refractivity contribution in [1.29, 1.82) is 0 Å². The number of para-hydroxylation sites is 1. The normalized spacial score (nSPS) is 15.9. The van der Waals surface area contributed by atoms with E-state index in [0.717, 1.165) is 38.3 Å². The van der Waals surface area contributed by atoms with Crippen LogP contribution in [0.2, 0.25) is 0 Å². The number of nitrogens with zero attached hydrogens (tertiary/aromatic N) is 4. The van der Waals surface area contributed by atoms with Gasteiger partial charge in [-0.2, -0.15) is 10.1 Å². The Labute approximate surface area is 196 Å². The Kier molecular flexibility index (Phi) is 4.76. The Balaban J connectivity index is 1.37. The lowest BCUT2D eigenvalue weighted by Gasteiger charge is -2.32. The van der Waals surface area contributed by atoms with E-state index >= 15 is 0 Å². The van der Waals surface area contributed by atoms with Crippen molar-refractivity contribution in [3.8, 4) is 11.3 Å². The van der Waals surface area contributed by atoms with E-state index < -0.39 is 0 Å². The zero-order valence-corrected chi connectivity index (χ0v) is 18.5. The summed E-state index contributed by atoms with van der Waals surface area (Å²) in [4.78, 5) is 37.8.